The third-order valence-corrected chi connectivity index (χ3v) is 19.1. The SMILES string of the molecule is C=Cc1cccc(-c2cccc3c2Oc2ccccc2[Si]32c3ccccc3Oc3ccccc32)c1/C=C(\C)N(c1ccccc1)c1ccc(-c2cccc3c2c2ccccc2n3-c2ccccc2)cc1. The average Bonchev–Trinajstić information content (AvgIpc) is 3.76. The number of hydrogen-bond donors (Lipinski definition) is 0. The molecular weight excluding hydrogens is 869 g/mol. The van der Waals surface area contributed by atoms with Crippen molar-refractivity contribution >= 4 is 74.2 Å². The Morgan fingerprint density at radius 1 is 0.471 bits per heavy atom. The molecule has 13 rings (SSSR count). The molecule has 1 aromatic heterocycles. The van der Waals surface area contributed by atoms with E-state index in [0.29, 0.717) is 0 Å². The van der Waals surface area contributed by atoms with Crippen molar-refractivity contribution in [3.8, 4) is 50.9 Å². The number of aromatic nitrogens is 1. The van der Waals surface area contributed by atoms with E-state index in [1.165, 1.54) is 48.1 Å². The molecule has 0 fully saturated rings. The number of rotatable bonds is 8. The van der Waals surface area contributed by atoms with Crippen LogP contribution >= 0.6 is 0 Å². The zero-order chi connectivity index (χ0) is 46.8. The molecule has 2 aliphatic rings. The summed E-state index contributed by atoms with van der Waals surface area (Å²) in [5, 5.41) is 7.34. The van der Waals surface area contributed by atoms with Crippen LogP contribution < -0.4 is 35.1 Å². The van der Waals surface area contributed by atoms with E-state index in [4.69, 9.17) is 9.47 Å². The van der Waals surface area contributed by atoms with Gasteiger partial charge >= 0.3 is 0 Å². The highest BCUT2D eigenvalue weighted by molar-refractivity contribution is 7.21. The quantitative estimate of drug-likeness (QED) is 0.142. The second kappa shape index (κ2) is 16.7. The van der Waals surface area contributed by atoms with Gasteiger partial charge in [-0.1, -0.05) is 183 Å². The van der Waals surface area contributed by atoms with Crippen LogP contribution in [0, 0.1) is 0 Å². The highest BCUT2D eigenvalue weighted by Gasteiger charge is 2.53. The van der Waals surface area contributed by atoms with Crippen molar-refractivity contribution in [3.63, 3.8) is 0 Å². The van der Waals surface area contributed by atoms with Crippen molar-refractivity contribution in [2.24, 2.45) is 0 Å². The maximum Gasteiger partial charge on any atom is 0.196 e. The smallest absolute Gasteiger partial charge is 0.196 e. The predicted octanol–water partition coefficient (Wildman–Crippen LogP) is 14.5. The molecule has 0 aliphatic carbocycles. The standard InChI is InChI=1S/C65H46N2O2Si/c1-3-45-21-18-28-51(52-29-20-38-63-65(52)69-59-34-14-17-37-62(59)70(63)60-35-15-12-32-57(60)68-58-33-13-16-36-61(58)70)54(45)43-44(2)66(47-22-6-4-7-23-47)49-41-39-46(40-42-49)50-27-19-31-56-64(50)53-26-10-11-30-55(53)67(56)48-24-8-5-9-25-48/h3-43H,1H2,2H3/b44-43+. The minimum atomic E-state index is -2.96. The van der Waals surface area contributed by atoms with E-state index >= 15 is 0 Å². The monoisotopic (exact) mass is 914 g/mol. The summed E-state index contributed by atoms with van der Waals surface area (Å²) in [5.74, 6) is 3.56. The molecule has 0 unspecified atom stereocenters. The van der Waals surface area contributed by atoms with Crippen LogP contribution in [0.1, 0.15) is 18.1 Å². The summed E-state index contributed by atoms with van der Waals surface area (Å²) in [5.41, 5.74) is 13.3. The Kier molecular flexibility index (Phi) is 9.85. The summed E-state index contributed by atoms with van der Waals surface area (Å²) in [6.07, 6.45) is 4.28. The van der Waals surface area contributed by atoms with Crippen LogP contribution in [0.5, 0.6) is 23.0 Å². The minimum absolute atomic E-state index is 0.880. The highest BCUT2D eigenvalue weighted by Crippen LogP contribution is 2.44. The van der Waals surface area contributed by atoms with E-state index in [9.17, 15) is 0 Å². The Labute approximate surface area is 408 Å². The summed E-state index contributed by atoms with van der Waals surface area (Å²) in [4.78, 5) is 2.35. The number of ether oxygens (including phenoxy) is 2. The van der Waals surface area contributed by atoms with Crippen LogP contribution in [-0.4, -0.2) is 12.6 Å². The molecule has 4 nitrogen and oxygen atoms in total. The molecule has 332 valence electrons. The average molecular weight is 915 g/mol. The highest BCUT2D eigenvalue weighted by atomic mass is 28.3. The molecule has 0 saturated carbocycles. The van der Waals surface area contributed by atoms with Gasteiger partial charge in [0.2, 0.25) is 0 Å². The number of benzene rings is 10. The van der Waals surface area contributed by atoms with Gasteiger partial charge in [0.25, 0.3) is 0 Å². The fraction of sp³-hybridized carbons (Fsp3) is 0.0154. The first-order valence-electron chi connectivity index (χ1n) is 23.9. The van der Waals surface area contributed by atoms with E-state index in [0.717, 1.165) is 73.6 Å². The van der Waals surface area contributed by atoms with E-state index in [1.807, 2.05) is 6.08 Å². The second-order valence-electron chi connectivity index (χ2n) is 18.0. The molecule has 0 amide bonds. The van der Waals surface area contributed by atoms with Gasteiger partial charge in [0.15, 0.2) is 8.07 Å². The van der Waals surface area contributed by atoms with Crippen molar-refractivity contribution < 1.29 is 9.47 Å². The second-order valence-corrected chi connectivity index (χ2v) is 21.7. The lowest BCUT2D eigenvalue weighted by molar-refractivity contribution is 0.482. The van der Waals surface area contributed by atoms with Gasteiger partial charge in [-0.15, -0.1) is 0 Å². The van der Waals surface area contributed by atoms with E-state index in [-0.39, 0.29) is 0 Å². The van der Waals surface area contributed by atoms with E-state index in [1.54, 1.807) is 0 Å². The first-order valence-corrected chi connectivity index (χ1v) is 25.9. The minimum Gasteiger partial charge on any atom is -0.458 e. The summed E-state index contributed by atoms with van der Waals surface area (Å²) < 4.78 is 16.3. The fourth-order valence-corrected chi connectivity index (χ4v) is 16.5. The fourth-order valence-electron chi connectivity index (χ4n) is 11.3. The molecule has 0 atom stereocenters. The van der Waals surface area contributed by atoms with Gasteiger partial charge in [0.1, 0.15) is 23.0 Å². The molecule has 5 heteroatoms. The number of fused-ring (bicyclic) bond motifs is 11. The van der Waals surface area contributed by atoms with Crippen LogP contribution in [-0.2, 0) is 0 Å². The molecular formula is C65H46N2O2Si. The number of para-hydroxylation sites is 7. The molecule has 0 radical (unpaired) electrons. The number of nitrogens with zero attached hydrogens (tertiary/aromatic N) is 2. The first-order chi connectivity index (χ1) is 34.6. The zero-order valence-electron chi connectivity index (χ0n) is 38.6. The maximum atomic E-state index is 7.20. The van der Waals surface area contributed by atoms with Gasteiger partial charge in [-0.3, -0.25) is 0 Å². The van der Waals surface area contributed by atoms with Crippen LogP contribution in [0.3, 0.4) is 0 Å². The van der Waals surface area contributed by atoms with Gasteiger partial charge < -0.3 is 18.9 Å². The normalized spacial score (nSPS) is 13.1. The van der Waals surface area contributed by atoms with Crippen LogP contribution in [0.4, 0.5) is 11.4 Å². The number of allylic oxidation sites excluding steroid dienone is 1. The van der Waals surface area contributed by atoms with Crippen molar-refractivity contribution in [2.45, 2.75) is 6.92 Å². The largest absolute Gasteiger partial charge is 0.458 e. The van der Waals surface area contributed by atoms with Crippen molar-refractivity contribution in [3.05, 3.63) is 260 Å². The third kappa shape index (κ3) is 6.36. The molecule has 1 spiro atoms. The lowest BCUT2D eigenvalue weighted by Gasteiger charge is -2.43. The first kappa shape index (κ1) is 41.3. The predicted molar refractivity (Wildman–Crippen MR) is 294 cm³/mol. The molecule has 70 heavy (non-hydrogen) atoms. The molecule has 10 aromatic carbocycles. The number of anilines is 2. The Balaban J connectivity index is 0.957. The van der Waals surface area contributed by atoms with Gasteiger partial charge in [0, 0.05) is 39.1 Å². The Morgan fingerprint density at radius 2 is 1.00 bits per heavy atom. The van der Waals surface area contributed by atoms with Crippen molar-refractivity contribution in [1.29, 1.82) is 0 Å². The number of hydrogen-bond acceptors (Lipinski definition) is 3. The molecule has 0 bridgehead atoms. The zero-order valence-corrected chi connectivity index (χ0v) is 39.6. The summed E-state index contributed by atoms with van der Waals surface area (Å²) in [6, 6.07) is 84.7. The summed E-state index contributed by atoms with van der Waals surface area (Å²) in [7, 11) is -2.96. The molecule has 0 N–H and O–H groups in total. The van der Waals surface area contributed by atoms with Gasteiger partial charge in [-0.05, 0) is 128 Å². The van der Waals surface area contributed by atoms with Crippen LogP contribution in [0.15, 0.2) is 249 Å². The van der Waals surface area contributed by atoms with E-state index in [2.05, 4.69) is 266 Å². The molecule has 2 aliphatic heterocycles. The van der Waals surface area contributed by atoms with Crippen molar-refractivity contribution in [2.75, 3.05) is 4.90 Å². The van der Waals surface area contributed by atoms with Crippen molar-refractivity contribution in [1.82, 2.24) is 4.57 Å². The Hall–Kier alpha value is -8.90. The van der Waals surface area contributed by atoms with Crippen LogP contribution in [0.2, 0.25) is 0 Å². The lowest BCUT2D eigenvalue weighted by Crippen LogP contribution is -2.77. The topological polar surface area (TPSA) is 26.6 Å². The molecule has 11 aromatic rings. The van der Waals surface area contributed by atoms with E-state index < -0.39 is 8.07 Å². The Morgan fingerprint density at radius 3 is 1.70 bits per heavy atom. The summed E-state index contributed by atoms with van der Waals surface area (Å²) in [6.45, 7) is 6.55. The third-order valence-electron chi connectivity index (χ3n) is 14.2. The van der Waals surface area contributed by atoms with Gasteiger partial charge in [-0.25, -0.2) is 0 Å². The Bertz CT molecular complexity index is 3810. The maximum absolute atomic E-state index is 7.20. The van der Waals surface area contributed by atoms with Gasteiger partial charge in [-0.2, -0.15) is 0 Å². The lowest BCUT2D eigenvalue weighted by atomic mass is 9.93. The van der Waals surface area contributed by atoms with Crippen LogP contribution in [0.25, 0.3) is 61.9 Å². The molecule has 3 heterocycles. The summed E-state index contributed by atoms with van der Waals surface area (Å²) >= 11 is 0. The van der Waals surface area contributed by atoms with Gasteiger partial charge in [0.05, 0.1) is 11.0 Å². The molecule has 0 saturated heterocycles.